The SMILES string of the molecule is CCCCOSC1(C2=CCC=C2)CC=C(C(C)(C)C)C=C1C(C)(C)C. The molecule has 0 aromatic heterocycles. The largest absolute Gasteiger partial charge is 0.314 e. The van der Waals surface area contributed by atoms with Gasteiger partial charge < -0.3 is 4.18 Å². The number of allylic oxidation sites excluding steroid dienone is 6. The highest BCUT2D eigenvalue weighted by atomic mass is 32.2. The van der Waals surface area contributed by atoms with Crippen molar-refractivity contribution in [2.24, 2.45) is 10.8 Å². The number of hydrogen-bond acceptors (Lipinski definition) is 2. The van der Waals surface area contributed by atoms with Gasteiger partial charge in [0.25, 0.3) is 0 Å². The summed E-state index contributed by atoms with van der Waals surface area (Å²) >= 11 is 1.70. The third-order valence-electron chi connectivity index (χ3n) is 5.04. The lowest BCUT2D eigenvalue weighted by Gasteiger charge is -2.44. The molecule has 0 aromatic carbocycles. The second-order valence-electron chi connectivity index (χ2n) is 9.31. The molecule has 0 N–H and O–H groups in total. The van der Waals surface area contributed by atoms with Crippen molar-refractivity contribution in [1.29, 1.82) is 0 Å². The monoisotopic (exact) mass is 360 g/mol. The van der Waals surface area contributed by atoms with Crippen LogP contribution in [0.15, 0.2) is 47.1 Å². The predicted molar refractivity (Wildman–Crippen MR) is 113 cm³/mol. The molecule has 2 aliphatic carbocycles. The van der Waals surface area contributed by atoms with Gasteiger partial charge in [-0.2, -0.15) is 0 Å². The summed E-state index contributed by atoms with van der Waals surface area (Å²) in [4.78, 5) is 0. The van der Waals surface area contributed by atoms with Gasteiger partial charge in [0.2, 0.25) is 0 Å². The average molecular weight is 361 g/mol. The minimum absolute atomic E-state index is 0.0895. The van der Waals surface area contributed by atoms with Crippen LogP contribution in [-0.2, 0) is 4.18 Å². The van der Waals surface area contributed by atoms with Crippen LogP contribution in [0.4, 0.5) is 0 Å². The summed E-state index contributed by atoms with van der Waals surface area (Å²) in [5.74, 6) is 0. The summed E-state index contributed by atoms with van der Waals surface area (Å²) in [6.45, 7) is 17.0. The second kappa shape index (κ2) is 7.88. The third-order valence-corrected chi connectivity index (χ3v) is 6.23. The maximum absolute atomic E-state index is 6.15. The molecule has 1 nitrogen and oxygen atoms in total. The van der Waals surface area contributed by atoms with Gasteiger partial charge in [0.1, 0.15) is 0 Å². The fourth-order valence-electron chi connectivity index (χ4n) is 3.54. The molecule has 0 spiro atoms. The third kappa shape index (κ3) is 4.71. The number of unbranched alkanes of at least 4 members (excludes halogenated alkanes) is 1. The van der Waals surface area contributed by atoms with Crippen molar-refractivity contribution in [3.63, 3.8) is 0 Å². The summed E-state index contributed by atoms with van der Waals surface area (Å²) in [7, 11) is 0. The zero-order valence-electron chi connectivity index (χ0n) is 17.2. The standard InChI is InChI=1S/C23H36OS/c1-8-9-16-24-25-23(18-12-10-11-13-18)15-14-19(21(2,3)4)17-20(23)22(5,6)7/h10,12-14,17H,8-9,11,15-16H2,1-7H3. The van der Waals surface area contributed by atoms with Crippen LogP contribution in [0.3, 0.4) is 0 Å². The maximum Gasteiger partial charge on any atom is 0.0919 e. The fraction of sp³-hybridized carbons (Fsp3) is 0.652. The van der Waals surface area contributed by atoms with Crippen LogP contribution in [-0.4, -0.2) is 11.4 Å². The normalized spacial score (nSPS) is 24.2. The van der Waals surface area contributed by atoms with Crippen LogP contribution in [0.5, 0.6) is 0 Å². The van der Waals surface area contributed by atoms with Crippen molar-refractivity contribution in [2.45, 2.75) is 78.9 Å². The van der Waals surface area contributed by atoms with Crippen LogP contribution >= 0.6 is 12.0 Å². The van der Waals surface area contributed by atoms with E-state index in [1.165, 1.54) is 23.1 Å². The minimum atomic E-state index is -0.0895. The Morgan fingerprint density at radius 3 is 2.32 bits per heavy atom. The number of rotatable bonds is 6. The van der Waals surface area contributed by atoms with E-state index in [-0.39, 0.29) is 15.6 Å². The molecule has 2 rings (SSSR count). The van der Waals surface area contributed by atoms with E-state index < -0.39 is 0 Å². The summed E-state index contributed by atoms with van der Waals surface area (Å²) in [5, 5.41) is 0. The zero-order valence-corrected chi connectivity index (χ0v) is 18.1. The minimum Gasteiger partial charge on any atom is -0.314 e. The van der Waals surface area contributed by atoms with E-state index in [4.69, 9.17) is 4.18 Å². The van der Waals surface area contributed by atoms with E-state index in [2.05, 4.69) is 78.8 Å². The van der Waals surface area contributed by atoms with Gasteiger partial charge in [-0.3, -0.25) is 0 Å². The molecule has 0 fully saturated rings. The molecule has 0 heterocycles. The molecule has 2 aliphatic rings. The lowest BCUT2D eigenvalue weighted by molar-refractivity contribution is 0.350. The Morgan fingerprint density at radius 2 is 1.80 bits per heavy atom. The van der Waals surface area contributed by atoms with E-state index in [1.807, 2.05) is 0 Å². The zero-order chi connectivity index (χ0) is 18.7. The molecular formula is C23H36OS. The quantitative estimate of drug-likeness (QED) is 0.360. The summed E-state index contributed by atoms with van der Waals surface area (Å²) < 4.78 is 6.06. The van der Waals surface area contributed by atoms with E-state index in [1.54, 1.807) is 12.0 Å². The van der Waals surface area contributed by atoms with Crippen molar-refractivity contribution in [3.05, 3.63) is 47.1 Å². The molecular weight excluding hydrogens is 324 g/mol. The Labute approximate surface area is 159 Å². The number of hydrogen-bond donors (Lipinski definition) is 0. The molecule has 1 unspecified atom stereocenters. The van der Waals surface area contributed by atoms with Gasteiger partial charge in [-0.1, -0.05) is 85.3 Å². The summed E-state index contributed by atoms with van der Waals surface area (Å²) in [5.41, 5.74) is 4.63. The summed E-state index contributed by atoms with van der Waals surface area (Å²) in [6, 6.07) is 0. The van der Waals surface area contributed by atoms with Crippen molar-refractivity contribution < 1.29 is 4.18 Å². The lowest BCUT2D eigenvalue weighted by atomic mass is 9.68. The molecule has 25 heavy (non-hydrogen) atoms. The van der Waals surface area contributed by atoms with E-state index >= 15 is 0 Å². The molecule has 0 bridgehead atoms. The van der Waals surface area contributed by atoms with Crippen molar-refractivity contribution in [2.75, 3.05) is 6.61 Å². The molecule has 0 amide bonds. The molecule has 0 aliphatic heterocycles. The van der Waals surface area contributed by atoms with Gasteiger partial charge in [-0.15, -0.1) is 0 Å². The van der Waals surface area contributed by atoms with E-state index in [0.717, 1.165) is 25.9 Å². The van der Waals surface area contributed by atoms with Crippen molar-refractivity contribution in [1.82, 2.24) is 0 Å². The first-order valence-corrected chi connectivity index (χ1v) is 10.5. The van der Waals surface area contributed by atoms with Gasteiger partial charge in [0, 0.05) is 12.0 Å². The van der Waals surface area contributed by atoms with Gasteiger partial charge in [-0.05, 0) is 46.8 Å². The Hall–Kier alpha value is -0.730. The molecule has 140 valence electrons. The highest BCUT2D eigenvalue weighted by Crippen LogP contribution is 2.54. The molecule has 2 heteroatoms. The van der Waals surface area contributed by atoms with E-state index in [0.29, 0.717) is 0 Å². The maximum atomic E-state index is 6.15. The first kappa shape index (κ1) is 20.6. The van der Waals surface area contributed by atoms with Crippen LogP contribution in [0.2, 0.25) is 0 Å². The van der Waals surface area contributed by atoms with Crippen LogP contribution in [0.1, 0.15) is 74.1 Å². The topological polar surface area (TPSA) is 9.23 Å². The fourth-order valence-corrected chi connectivity index (χ4v) is 4.80. The van der Waals surface area contributed by atoms with Crippen LogP contribution < -0.4 is 0 Å². The highest BCUT2D eigenvalue weighted by Gasteiger charge is 2.45. The van der Waals surface area contributed by atoms with Gasteiger partial charge >= 0.3 is 0 Å². The average Bonchev–Trinajstić information content (AvgIpc) is 3.04. The van der Waals surface area contributed by atoms with Crippen LogP contribution in [0.25, 0.3) is 0 Å². The van der Waals surface area contributed by atoms with Crippen molar-refractivity contribution >= 4 is 12.0 Å². The molecule has 1 atom stereocenters. The summed E-state index contributed by atoms with van der Waals surface area (Å²) in [6.07, 6.45) is 16.2. The van der Waals surface area contributed by atoms with Crippen molar-refractivity contribution in [3.8, 4) is 0 Å². The van der Waals surface area contributed by atoms with Gasteiger partial charge in [0.05, 0.1) is 11.4 Å². The molecule has 0 saturated carbocycles. The second-order valence-corrected chi connectivity index (χ2v) is 10.4. The lowest BCUT2D eigenvalue weighted by Crippen LogP contribution is -2.38. The van der Waals surface area contributed by atoms with E-state index in [9.17, 15) is 0 Å². The molecule has 0 radical (unpaired) electrons. The molecule has 0 saturated heterocycles. The highest BCUT2D eigenvalue weighted by molar-refractivity contribution is 7.96. The van der Waals surface area contributed by atoms with Crippen LogP contribution in [0, 0.1) is 10.8 Å². The molecule has 0 aromatic rings. The Balaban J connectivity index is 2.44. The Kier molecular flexibility index (Phi) is 6.49. The smallest absolute Gasteiger partial charge is 0.0919 e. The predicted octanol–water partition coefficient (Wildman–Crippen LogP) is 7.43. The Morgan fingerprint density at radius 1 is 1.08 bits per heavy atom. The Bertz CT molecular complexity index is 593. The van der Waals surface area contributed by atoms with Gasteiger partial charge in [-0.25, -0.2) is 0 Å². The first-order chi connectivity index (χ1) is 11.6. The first-order valence-electron chi connectivity index (χ1n) is 9.72. The van der Waals surface area contributed by atoms with Gasteiger partial charge in [0.15, 0.2) is 0 Å².